The van der Waals surface area contributed by atoms with Crippen LogP contribution in [-0.2, 0) is 4.74 Å². The Bertz CT molecular complexity index is 415. The van der Waals surface area contributed by atoms with Crippen LogP contribution in [0, 0.1) is 5.82 Å². The van der Waals surface area contributed by atoms with Crippen molar-refractivity contribution in [2.45, 2.75) is 12.5 Å². The molecule has 0 spiro atoms. The highest BCUT2D eigenvalue weighted by atomic mass is 79.9. The van der Waals surface area contributed by atoms with Gasteiger partial charge in [0.25, 0.3) is 5.91 Å². The third-order valence-electron chi connectivity index (χ3n) is 2.37. The summed E-state index contributed by atoms with van der Waals surface area (Å²) in [6.07, 6.45) is 0.715. The topological polar surface area (TPSA) is 38.3 Å². The van der Waals surface area contributed by atoms with Crippen molar-refractivity contribution < 1.29 is 13.9 Å². The zero-order valence-electron chi connectivity index (χ0n) is 9.88. The normalized spacial score (nSPS) is 12.2. The van der Waals surface area contributed by atoms with Crippen LogP contribution in [0.5, 0.6) is 0 Å². The lowest BCUT2D eigenvalue weighted by molar-refractivity contribution is 0.0930. The second-order valence-electron chi connectivity index (χ2n) is 3.73. The summed E-state index contributed by atoms with van der Waals surface area (Å²) in [6.45, 7) is 0.571. The summed E-state index contributed by atoms with van der Waals surface area (Å²) in [4.78, 5) is 12.0. The van der Waals surface area contributed by atoms with Gasteiger partial charge < -0.3 is 10.1 Å². The number of hydrogen-bond acceptors (Lipinski definition) is 2. The van der Waals surface area contributed by atoms with Crippen molar-refractivity contribution in [2.75, 3.05) is 19.0 Å². The minimum Gasteiger partial charge on any atom is -0.385 e. The smallest absolute Gasteiger partial charge is 0.252 e. The molecule has 1 aromatic carbocycles. The molecule has 1 amide bonds. The second-order valence-corrected chi connectivity index (χ2v) is 5.23. The number of ether oxygens (including phenoxy) is 1. The minimum absolute atomic E-state index is 0.0191. The molecule has 1 unspecified atom stereocenters. The lowest BCUT2D eigenvalue weighted by atomic mass is 10.2. The monoisotopic (exact) mass is 381 g/mol. The van der Waals surface area contributed by atoms with Crippen LogP contribution in [0.3, 0.4) is 0 Å². The molecule has 0 saturated heterocycles. The average Bonchev–Trinajstić information content (AvgIpc) is 2.34. The Balaban J connectivity index is 2.68. The molecular formula is C12H14Br2FNO2. The summed E-state index contributed by atoms with van der Waals surface area (Å²) in [5, 5.41) is 3.50. The molecule has 0 aromatic heterocycles. The molecule has 3 nitrogen and oxygen atoms in total. The highest BCUT2D eigenvalue weighted by Gasteiger charge is 2.15. The number of carbonyl (C=O) groups is 1. The third-order valence-corrected chi connectivity index (χ3v) is 3.81. The Morgan fingerprint density at radius 1 is 1.56 bits per heavy atom. The van der Waals surface area contributed by atoms with Crippen LogP contribution in [0.4, 0.5) is 4.39 Å². The molecule has 0 fully saturated rings. The molecule has 6 heteroatoms. The Morgan fingerprint density at radius 3 is 2.83 bits per heavy atom. The molecule has 0 saturated carbocycles. The van der Waals surface area contributed by atoms with E-state index in [4.69, 9.17) is 4.74 Å². The van der Waals surface area contributed by atoms with Gasteiger partial charge in [-0.3, -0.25) is 4.79 Å². The quantitative estimate of drug-likeness (QED) is 0.767. The number of benzene rings is 1. The summed E-state index contributed by atoms with van der Waals surface area (Å²) < 4.78 is 18.3. The van der Waals surface area contributed by atoms with E-state index in [2.05, 4.69) is 37.2 Å². The molecule has 1 aromatic rings. The molecular weight excluding hydrogens is 369 g/mol. The first-order valence-corrected chi connectivity index (χ1v) is 7.30. The fraction of sp³-hybridized carbons (Fsp3) is 0.417. The van der Waals surface area contributed by atoms with E-state index < -0.39 is 0 Å². The van der Waals surface area contributed by atoms with Gasteiger partial charge in [0.15, 0.2) is 0 Å². The van der Waals surface area contributed by atoms with Crippen molar-refractivity contribution in [2.24, 2.45) is 0 Å². The van der Waals surface area contributed by atoms with Crippen molar-refractivity contribution in [1.82, 2.24) is 5.32 Å². The first-order chi connectivity index (χ1) is 8.58. The minimum atomic E-state index is -0.380. The maximum absolute atomic E-state index is 12.9. The van der Waals surface area contributed by atoms with Gasteiger partial charge in [-0.05, 0) is 40.5 Å². The van der Waals surface area contributed by atoms with E-state index in [-0.39, 0.29) is 17.8 Å². The molecule has 1 rings (SSSR count). The Labute approximate surface area is 122 Å². The molecule has 0 radical (unpaired) electrons. The number of hydrogen-bond donors (Lipinski definition) is 1. The summed E-state index contributed by atoms with van der Waals surface area (Å²) in [7, 11) is 1.61. The van der Waals surface area contributed by atoms with E-state index in [9.17, 15) is 9.18 Å². The molecule has 0 aliphatic carbocycles. The Hall–Kier alpha value is -0.460. The average molecular weight is 383 g/mol. The van der Waals surface area contributed by atoms with Crippen LogP contribution in [0.2, 0.25) is 0 Å². The van der Waals surface area contributed by atoms with Crippen molar-refractivity contribution in [3.05, 3.63) is 34.1 Å². The number of amides is 1. The van der Waals surface area contributed by atoms with Gasteiger partial charge in [0, 0.05) is 29.6 Å². The molecule has 0 aliphatic heterocycles. The van der Waals surface area contributed by atoms with Crippen molar-refractivity contribution >= 4 is 37.8 Å². The molecule has 0 aliphatic rings. The largest absolute Gasteiger partial charge is 0.385 e. The van der Waals surface area contributed by atoms with Crippen LogP contribution >= 0.6 is 31.9 Å². The van der Waals surface area contributed by atoms with Gasteiger partial charge in [-0.25, -0.2) is 4.39 Å². The number of carbonyl (C=O) groups excluding carboxylic acids is 1. The van der Waals surface area contributed by atoms with E-state index in [1.807, 2.05) is 0 Å². The molecule has 100 valence electrons. The molecule has 0 heterocycles. The maximum atomic E-state index is 12.9. The predicted molar refractivity (Wildman–Crippen MR) is 75.6 cm³/mol. The SMILES string of the molecule is COCCC(CBr)NC(=O)c1ccc(F)cc1Br. The van der Waals surface area contributed by atoms with Gasteiger partial charge in [-0.2, -0.15) is 0 Å². The Kier molecular flexibility index (Phi) is 6.81. The molecule has 18 heavy (non-hydrogen) atoms. The maximum Gasteiger partial charge on any atom is 0.252 e. The molecule has 1 atom stereocenters. The van der Waals surface area contributed by atoms with Crippen LogP contribution in [0.1, 0.15) is 16.8 Å². The number of halogens is 3. The van der Waals surface area contributed by atoms with Crippen molar-refractivity contribution in [1.29, 1.82) is 0 Å². The first-order valence-electron chi connectivity index (χ1n) is 5.39. The second kappa shape index (κ2) is 7.86. The number of nitrogens with one attached hydrogen (secondary N) is 1. The predicted octanol–water partition coefficient (Wildman–Crippen LogP) is 3.12. The lowest BCUT2D eigenvalue weighted by Gasteiger charge is -2.16. The zero-order chi connectivity index (χ0) is 13.5. The van der Waals surface area contributed by atoms with Crippen molar-refractivity contribution in [3.8, 4) is 0 Å². The van der Waals surface area contributed by atoms with E-state index in [1.165, 1.54) is 18.2 Å². The highest BCUT2D eigenvalue weighted by molar-refractivity contribution is 9.10. The Morgan fingerprint density at radius 2 is 2.28 bits per heavy atom. The standard InChI is InChI=1S/C12H14Br2FNO2/c1-18-5-4-9(7-13)16-12(17)10-3-2-8(15)6-11(10)14/h2-3,6,9H,4-5,7H2,1H3,(H,16,17). The fourth-order valence-electron chi connectivity index (χ4n) is 1.38. The van der Waals surface area contributed by atoms with E-state index in [0.717, 1.165) is 0 Å². The fourth-order valence-corrected chi connectivity index (χ4v) is 2.40. The van der Waals surface area contributed by atoms with Crippen LogP contribution in [-0.4, -0.2) is 31.0 Å². The first kappa shape index (κ1) is 15.6. The zero-order valence-corrected chi connectivity index (χ0v) is 13.1. The summed E-state index contributed by atoms with van der Waals surface area (Å²) in [5.74, 6) is -0.614. The van der Waals surface area contributed by atoms with E-state index in [1.54, 1.807) is 7.11 Å². The van der Waals surface area contributed by atoms with Gasteiger partial charge in [0.05, 0.1) is 5.56 Å². The van der Waals surface area contributed by atoms with E-state index >= 15 is 0 Å². The van der Waals surface area contributed by atoms with Gasteiger partial charge >= 0.3 is 0 Å². The van der Waals surface area contributed by atoms with E-state index in [0.29, 0.717) is 28.4 Å². The molecule has 1 N–H and O–H groups in total. The summed E-state index contributed by atoms with van der Waals surface area (Å²) in [5.41, 5.74) is 0.416. The number of rotatable bonds is 6. The van der Waals surface area contributed by atoms with Gasteiger partial charge in [0.1, 0.15) is 5.82 Å². The van der Waals surface area contributed by atoms with Gasteiger partial charge in [-0.15, -0.1) is 0 Å². The third kappa shape index (κ3) is 4.66. The summed E-state index contributed by atoms with van der Waals surface area (Å²) in [6, 6.07) is 3.97. The van der Waals surface area contributed by atoms with Crippen LogP contribution in [0.15, 0.2) is 22.7 Å². The number of methoxy groups -OCH3 is 1. The van der Waals surface area contributed by atoms with Crippen molar-refractivity contribution in [3.63, 3.8) is 0 Å². The van der Waals surface area contributed by atoms with Gasteiger partial charge in [-0.1, -0.05) is 15.9 Å². The number of alkyl halides is 1. The molecule has 0 bridgehead atoms. The highest BCUT2D eigenvalue weighted by Crippen LogP contribution is 2.18. The summed E-state index contributed by atoms with van der Waals surface area (Å²) >= 11 is 6.51. The lowest BCUT2D eigenvalue weighted by Crippen LogP contribution is -2.37. The van der Waals surface area contributed by atoms with Gasteiger partial charge in [0.2, 0.25) is 0 Å². The van der Waals surface area contributed by atoms with Crippen LogP contribution in [0.25, 0.3) is 0 Å². The van der Waals surface area contributed by atoms with Crippen LogP contribution < -0.4 is 5.32 Å².